The van der Waals surface area contributed by atoms with E-state index in [9.17, 15) is 9.59 Å². The normalized spacial score (nSPS) is 17.5. The van der Waals surface area contributed by atoms with Gasteiger partial charge in [0.15, 0.2) is 0 Å². The molecule has 0 spiro atoms. The van der Waals surface area contributed by atoms with E-state index in [-0.39, 0.29) is 23.3 Å². The highest BCUT2D eigenvalue weighted by Gasteiger charge is 2.26. The fourth-order valence-corrected chi connectivity index (χ4v) is 3.02. The number of halogens is 1. The van der Waals surface area contributed by atoms with Crippen LogP contribution in [0.5, 0.6) is 0 Å². The molecule has 0 bridgehead atoms. The lowest BCUT2D eigenvalue weighted by molar-refractivity contribution is -0.131. The molecule has 0 aromatic heterocycles. The van der Waals surface area contributed by atoms with Crippen molar-refractivity contribution in [3.8, 4) is 0 Å². The Hall–Kier alpha value is -1.55. The Labute approximate surface area is 149 Å². The topological polar surface area (TPSA) is 49.4 Å². The van der Waals surface area contributed by atoms with Crippen molar-refractivity contribution in [2.75, 3.05) is 13.1 Å². The van der Waals surface area contributed by atoms with Crippen molar-refractivity contribution < 1.29 is 9.59 Å². The summed E-state index contributed by atoms with van der Waals surface area (Å²) in [7, 11) is 0. The number of nitrogens with one attached hydrogen (secondary N) is 1. The number of carbonyl (C=O) groups is 2. The fraction of sp³-hybridized carbons (Fsp3) is 0.579. The molecule has 4 nitrogen and oxygen atoms in total. The molecule has 1 aromatic rings. The van der Waals surface area contributed by atoms with Crippen molar-refractivity contribution in [2.24, 2.45) is 0 Å². The van der Waals surface area contributed by atoms with Gasteiger partial charge in [0, 0.05) is 24.7 Å². The first-order chi connectivity index (χ1) is 11.2. The van der Waals surface area contributed by atoms with Crippen molar-refractivity contribution >= 4 is 23.4 Å². The summed E-state index contributed by atoms with van der Waals surface area (Å²) >= 11 is 5.85. The summed E-state index contributed by atoms with van der Waals surface area (Å²) < 4.78 is 0. The molecular formula is C19H27ClN2O2. The molecule has 1 atom stereocenters. The second-order valence-electron chi connectivity index (χ2n) is 7.52. The lowest BCUT2D eigenvalue weighted by Crippen LogP contribution is -2.48. The van der Waals surface area contributed by atoms with E-state index in [2.05, 4.69) is 26.1 Å². The largest absolute Gasteiger partial charge is 0.349 e. The van der Waals surface area contributed by atoms with Gasteiger partial charge in [-0.1, -0.05) is 32.9 Å². The molecule has 1 aromatic carbocycles. The quantitative estimate of drug-likeness (QED) is 0.850. The zero-order valence-electron chi connectivity index (χ0n) is 14.9. The smallest absolute Gasteiger partial charge is 0.251 e. The molecule has 1 aliphatic rings. The highest BCUT2D eigenvalue weighted by molar-refractivity contribution is 6.30. The summed E-state index contributed by atoms with van der Waals surface area (Å²) in [4.78, 5) is 26.0. The molecule has 1 unspecified atom stereocenters. The number of nitrogens with zero attached hydrogens (tertiary/aromatic N) is 1. The molecule has 132 valence electrons. The second-order valence-corrected chi connectivity index (χ2v) is 8.17. The third-order valence-corrected chi connectivity index (χ3v) is 4.68. The number of carbonyl (C=O) groups excluding carboxylic acids is 2. The highest BCUT2D eigenvalue weighted by atomic mass is 35.5. The minimum atomic E-state index is -0.488. The van der Waals surface area contributed by atoms with E-state index in [1.165, 1.54) is 5.56 Å². The molecule has 1 heterocycles. The van der Waals surface area contributed by atoms with Crippen LogP contribution in [0.1, 0.15) is 56.5 Å². The highest BCUT2D eigenvalue weighted by Crippen LogP contribution is 2.22. The van der Waals surface area contributed by atoms with Crippen molar-refractivity contribution in [3.63, 3.8) is 0 Å². The van der Waals surface area contributed by atoms with E-state index in [1.54, 1.807) is 11.8 Å². The average Bonchev–Trinajstić information content (AvgIpc) is 2.54. The van der Waals surface area contributed by atoms with Gasteiger partial charge in [0.05, 0.1) is 0 Å². The summed E-state index contributed by atoms with van der Waals surface area (Å²) in [5, 5.41) is 2.58. The molecule has 2 amide bonds. The average molecular weight is 351 g/mol. The maximum Gasteiger partial charge on any atom is 0.251 e. The van der Waals surface area contributed by atoms with Gasteiger partial charge in [-0.25, -0.2) is 0 Å². The molecular weight excluding hydrogens is 324 g/mol. The van der Waals surface area contributed by atoms with Gasteiger partial charge < -0.3 is 10.2 Å². The number of piperidine rings is 1. The zero-order chi connectivity index (χ0) is 17.9. The lowest BCUT2D eigenvalue weighted by Gasteiger charge is -2.33. The van der Waals surface area contributed by atoms with Gasteiger partial charge in [0.25, 0.3) is 5.91 Å². The van der Waals surface area contributed by atoms with Crippen LogP contribution in [0.4, 0.5) is 0 Å². The molecule has 1 fully saturated rings. The van der Waals surface area contributed by atoms with Crippen molar-refractivity contribution in [3.05, 3.63) is 35.4 Å². The van der Waals surface area contributed by atoms with Crippen molar-refractivity contribution in [1.82, 2.24) is 10.2 Å². The number of rotatable bonds is 3. The first-order valence-electron chi connectivity index (χ1n) is 8.53. The predicted octanol–water partition coefficient (Wildman–Crippen LogP) is 3.33. The third kappa shape index (κ3) is 4.73. The van der Waals surface area contributed by atoms with Crippen LogP contribution < -0.4 is 5.32 Å². The Bertz CT molecular complexity index is 582. The van der Waals surface area contributed by atoms with E-state index >= 15 is 0 Å². The number of likely N-dealkylation sites (tertiary alicyclic amines) is 1. The minimum absolute atomic E-state index is 0.0285. The summed E-state index contributed by atoms with van der Waals surface area (Å²) in [6.07, 6.45) is 1.53. The first kappa shape index (κ1) is 18.8. The number of alkyl halides is 1. The monoisotopic (exact) mass is 350 g/mol. The van der Waals surface area contributed by atoms with Crippen LogP contribution in [0.25, 0.3) is 0 Å². The van der Waals surface area contributed by atoms with E-state index in [0.717, 1.165) is 12.8 Å². The number of benzene rings is 1. The van der Waals surface area contributed by atoms with Crippen LogP contribution in [0, 0.1) is 0 Å². The third-order valence-electron chi connectivity index (χ3n) is 4.50. The first-order valence-corrected chi connectivity index (χ1v) is 8.96. The predicted molar refractivity (Wildman–Crippen MR) is 97.5 cm³/mol. The molecule has 1 aliphatic heterocycles. The van der Waals surface area contributed by atoms with E-state index < -0.39 is 5.38 Å². The SMILES string of the molecule is CC(Cl)C(=O)N1CCC(NC(=O)c2ccc(C(C)(C)C)cc2)CC1. The van der Waals surface area contributed by atoms with Gasteiger partial charge >= 0.3 is 0 Å². The Kier molecular flexibility index (Phi) is 5.92. The number of hydrogen-bond donors (Lipinski definition) is 1. The fourth-order valence-electron chi connectivity index (χ4n) is 2.89. The van der Waals surface area contributed by atoms with Crippen LogP contribution in [-0.4, -0.2) is 41.2 Å². The van der Waals surface area contributed by atoms with Gasteiger partial charge in [-0.05, 0) is 42.9 Å². The minimum Gasteiger partial charge on any atom is -0.349 e. The van der Waals surface area contributed by atoms with E-state index in [4.69, 9.17) is 11.6 Å². The maximum atomic E-state index is 12.4. The van der Waals surface area contributed by atoms with E-state index in [1.807, 2.05) is 24.3 Å². The Morgan fingerprint density at radius 1 is 1.17 bits per heavy atom. The molecule has 0 saturated carbocycles. The van der Waals surface area contributed by atoms with Gasteiger partial charge in [0.2, 0.25) is 5.91 Å². The molecule has 2 rings (SSSR count). The Balaban J connectivity index is 1.89. The van der Waals surface area contributed by atoms with E-state index in [0.29, 0.717) is 18.7 Å². The lowest BCUT2D eigenvalue weighted by atomic mass is 9.86. The van der Waals surface area contributed by atoms with Gasteiger partial charge in [0.1, 0.15) is 5.38 Å². The standard InChI is InChI=1S/C19H27ClN2O2/c1-13(20)18(24)22-11-9-16(10-12-22)21-17(23)14-5-7-15(8-6-14)19(2,3)4/h5-8,13,16H,9-12H2,1-4H3,(H,21,23). The zero-order valence-corrected chi connectivity index (χ0v) is 15.7. The number of hydrogen-bond acceptors (Lipinski definition) is 2. The molecule has 0 aliphatic carbocycles. The van der Waals surface area contributed by atoms with Gasteiger partial charge in [-0.15, -0.1) is 11.6 Å². The maximum absolute atomic E-state index is 12.4. The summed E-state index contributed by atoms with van der Waals surface area (Å²) in [6.45, 7) is 9.43. The molecule has 24 heavy (non-hydrogen) atoms. The molecule has 1 saturated heterocycles. The molecule has 5 heteroatoms. The number of amides is 2. The van der Waals surface area contributed by atoms with Gasteiger partial charge in [-0.3, -0.25) is 9.59 Å². The molecule has 1 N–H and O–H groups in total. The van der Waals surface area contributed by atoms with Crippen LogP contribution in [0.2, 0.25) is 0 Å². The molecule has 0 radical (unpaired) electrons. The van der Waals surface area contributed by atoms with Crippen LogP contribution in [-0.2, 0) is 10.2 Å². The Morgan fingerprint density at radius 2 is 1.71 bits per heavy atom. The van der Waals surface area contributed by atoms with Gasteiger partial charge in [-0.2, -0.15) is 0 Å². The summed E-state index contributed by atoms with van der Waals surface area (Å²) in [6, 6.07) is 7.89. The van der Waals surface area contributed by atoms with Crippen LogP contribution in [0.15, 0.2) is 24.3 Å². The summed E-state index contributed by atoms with van der Waals surface area (Å²) in [5.74, 6) is -0.0786. The summed E-state index contributed by atoms with van der Waals surface area (Å²) in [5.41, 5.74) is 1.96. The second kappa shape index (κ2) is 7.56. The van der Waals surface area contributed by atoms with Crippen molar-refractivity contribution in [2.45, 2.75) is 57.4 Å². The Morgan fingerprint density at radius 3 is 2.17 bits per heavy atom. The van der Waals surface area contributed by atoms with Crippen LogP contribution >= 0.6 is 11.6 Å². The van der Waals surface area contributed by atoms with Crippen LogP contribution in [0.3, 0.4) is 0 Å². The van der Waals surface area contributed by atoms with Crippen molar-refractivity contribution in [1.29, 1.82) is 0 Å².